The molecule has 1 saturated heterocycles. The van der Waals surface area contributed by atoms with Gasteiger partial charge in [0.1, 0.15) is 28.0 Å². The lowest BCUT2D eigenvalue weighted by molar-refractivity contribution is -0.0561. The smallest absolute Gasteiger partial charge is 0.423 e. The van der Waals surface area contributed by atoms with Gasteiger partial charge in [-0.25, -0.2) is 22.5 Å². The van der Waals surface area contributed by atoms with E-state index in [2.05, 4.69) is 9.72 Å². The Bertz CT molecular complexity index is 1580. The average Bonchev–Trinajstić information content (AvgIpc) is 3.48. The van der Waals surface area contributed by atoms with Gasteiger partial charge in [-0.1, -0.05) is 30.3 Å². The van der Waals surface area contributed by atoms with Crippen molar-refractivity contribution in [3.63, 3.8) is 0 Å². The fourth-order valence-corrected chi connectivity index (χ4v) is 6.92. The van der Waals surface area contributed by atoms with Crippen LogP contribution < -0.4 is 9.47 Å². The van der Waals surface area contributed by atoms with E-state index in [4.69, 9.17) is 14.2 Å². The predicted octanol–water partition coefficient (Wildman–Crippen LogP) is 4.11. The van der Waals surface area contributed by atoms with Gasteiger partial charge in [0.15, 0.2) is 5.78 Å². The van der Waals surface area contributed by atoms with Crippen LogP contribution in [-0.2, 0) is 32.5 Å². The first kappa shape index (κ1) is 33.9. The molecule has 0 N–H and O–H groups in total. The van der Waals surface area contributed by atoms with Gasteiger partial charge in [0.2, 0.25) is 10.0 Å². The van der Waals surface area contributed by atoms with Crippen LogP contribution in [0.15, 0.2) is 47.8 Å². The zero-order valence-electron chi connectivity index (χ0n) is 25.7. The molecule has 0 saturated carbocycles. The summed E-state index contributed by atoms with van der Waals surface area (Å²) in [5, 5.41) is 1.90. The number of carbonyl (C=O) groups excluding carboxylic acids is 3. The summed E-state index contributed by atoms with van der Waals surface area (Å²) in [6.07, 6.45) is 0.465. The Hall–Kier alpha value is -4.01. The Morgan fingerprint density at radius 3 is 2.31 bits per heavy atom. The summed E-state index contributed by atoms with van der Waals surface area (Å²) >= 11 is 1.14. The van der Waals surface area contributed by atoms with Crippen LogP contribution in [0.3, 0.4) is 0 Å². The molecule has 1 atom stereocenters. The van der Waals surface area contributed by atoms with Gasteiger partial charge in [-0.15, -0.1) is 11.3 Å². The van der Waals surface area contributed by atoms with Crippen LogP contribution in [0.4, 0.5) is 4.79 Å². The number of amides is 2. The Morgan fingerprint density at radius 2 is 1.73 bits per heavy atom. The number of rotatable bonds is 15. The topological polar surface area (TPSA) is 142 Å². The molecule has 1 fully saturated rings. The number of Topliss-reactive ketones (excluding diaryl/α,β-unsaturated/α-hetero) is 1. The SMILES string of the molecule is COC(=O)N(CC1CCO1)S(=O)(=O)CC(=O)c1csc(CN(CCCc2ccccc2)C(=O)c2cc(OC)c(C)c(OC)c2)n1. The molecule has 45 heavy (non-hydrogen) atoms. The highest BCUT2D eigenvalue weighted by Crippen LogP contribution is 2.30. The van der Waals surface area contributed by atoms with E-state index in [0.29, 0.717) is 52.4 Å². The van der Waals surface area contributed by atoms with E-state index in [-0.39, 0.29) is 24.7 Å². The summed E-state index contributed by atoms with van der Waals surface area (Å²) in [6.45, 7) is 2.55. The monoisotopic (exact) mass is 659 g/mol. The lowest BCUT2D eigenvalue weighted by Gasteiger charge is -2.31. The third-order valence-electron chi connectivity index (χ3n) is 7.38. The molecule has 12 nitrogen and oxygen atoms in total. The molecule has 1 aliphatic heterocycles. The van der Waals surface area contributed by atoms with Crippen molar-refractivity contribution in [1.82, 2.24) is 14.2 Å². The second-order valence-corrected chi connectivity index (χ2v) is 13.2. The van der Waals surface area contributed by atoms with Crippen LogP contribution in [0, 0.1) is 6.92 Å². The number of sulfonamides is 1. The van der Waals surface area contributed by atoms with Gasteiger partial charge in [-0.3, -0.25) is 9.59 Å². The van der Waals surface area contributed by atoms with Gasteiger partial charge in [0.25, 0.3) is 5.91 Å². The van der Waals surface area contributed by atoms with Crippen LogP contribution in [0.5, 0.6) is 11.5 Å². The lowest BCUT2D eigenvalue weighted by atomic mass is 10.1. The van der Waals surface area contributed by atoms with Gasteiger partial charge in [-0.2, -0.15) is 0 Å². The van der Waals surface area contributed by atoms with Crippen molar-refractivity contribution >= 4 is 39.1 Å². The molecule has 14 heteroatoms. The summed E-state index contributed by atoms with van der Waals surface area (Å²) in [6, 6.07) is 13.2. The third-order valence-corrected chi connectivity index (χ3v) is 9.81. The van der Waals surface area contributed by atoms with Crippen LogP contribution >= 0.6 is 11.3 Å². The number of thiazole rings is 1. The molecule has 3 aromatic rings. The minimum absolute atomic E-state index is 0.0707. The number of benzene rings is 2. The number of hydrogen-bond donors (Lipinski definition) is 0. The molecule has 4 rings (SSSR count). The fraction of sp³-hybridized carbons (Fsp3) is 0.419. The Morgan fingerprint density at radius 1 is 1.07 bits per heavy atom. The first-order valence-electron chi connectivity index (χ1n) is 14.3. The van der Waals surface area contributed by atoms with Gasteiger partial charge in [0, 0.05) is 29.7 Å². The normalized spacial score (nSPS) is 14.3. The lowest BCUT2D eigenvalue weighted by Crippen LogP contribution is -2.47. The number of ether oxygens (including phenoxy) is 4. The standard InChI is InChI=1S/C31H37N3O9S2/c1-21-27(40-2)15-23(16-28(21)41-3)30(36)33(13-8-11-22-9-6-5-7-10-22)18-29-32-25(19-44-29)26(35)20-45(38,39)34(31(37)42-4)17-24-12-14-43-24/h5-7,9-10,15-16,19,24H,8,11-14,17-18,20H2,1-4H3. The molecule has 1 unspecified atom stereocenters. The molecular weight excluding hydrogens is 622 g/mol. The highest BCUT2D eigenvalue weighted by Gasteiger charge is 2.35. The van der Waals surface area contributed by atoms with Gasteiger partial charge < -0.3 is 23.8 Å². The summed E-state index contributed by atoms with van der Waals surface area (Å²) in [5.41, 5.74) is 2.19. The van der Waals surface area contributed by atoms with E-state index in [0.717, 1.165) is 36.0 Å². The molecule has 0 bridgehead atoms. The van der Waals surface area contributed by atoms with Crippen LogP contribution in [-0.4, -0.2) is 93.3 Å². The van der Waals surface area contributed by atoms with Gasteiger partial charge in [0.05, 0.1) is 40.5 Å². The number of nitrogens with zero attached hydrogens (tertiary/aromatic N) is 3. The van der Waals surface area contributed by atoms with Crippen molar-refractivity contribution in [1.29, 1.82) is 0 Å². The third kappa shape index (κ3) is 8.59. The van der Waals surface area contributed by atoms with Crippen LogP contribution in [0.25, 0.3) is 0 Å². The average molecular weight is 660 g/mol. The van der Waals surface area contributed by atoms with Crippen molar-refractivity contribution in [2.45, 2.75) is 38.8 Å². The number of aryl methyl sites for hydroxylation is 1. The highest BCUT2D eigenvalue weighted by molar-refractivity contribution is 7.90. The van der Waals surface area contributed by atoms with E-state index >= 15 is 0 Å². The molecule has 242 valence electrons. The molecule has 2 amide bonds. The van der Waals surface area contributed by atoms with Gasteiger partial charge in [-0.05, 0) is 43.9 Å². The Labute approximate surface area is 266 Å². The quantitative estimate of drug-likeness (QED) is 0.219. The van der Waals surface area contributed by atoms with E-state index in [9.17, 15) is 22.8 Å². The summed E-state index contributed by atoms with van der Waals surface area (Å²) < 4.78 is 47.4. The fourth-order valence-electron chi connectivity index (χ4n) is 4.77. The molecule has 1 aromatic heterocycles. The molecule has 0 spiro atoms. The molecule has 2 aromatic carbocycles. The first-order valence-corrected chi connectivity index (χ1v) is 16.8. The Balaban J connectivity index is 1.52. The van der Waals surface area contributed by atoms with Gasteiger partial charge >= 0.3 is 6.09 Å². The zero-order chi connectivity index (χ0) is 32.6. The zero-order valence-corrected chi connectivity index (χ0v) is 27.3. The highest BCUT2D eigenvalue weighted by atomic mass is 32.2. The number of hydrogen-bond acceptors (Lipinski definition) is 11. The number of carbonyl (C=O) groups is 3. The molecular formula is C31H37N3O9S2. The van der Waals surface area contributed by atoms with Crippen molar-refractivity contribution in [3.8, 4) is 11.5 Å². The summed E-state index contributed by atoms with van der Waals surface area (Å²) in [5.74, 6) is -1.01. The summed E-state index contributed by atoms with van der Waals surface area (Å²) in [4.78, 5) is 45.1. The first-order chi connectivity index (χ1) is 21.6. The number of methoxy groups -OCH3 is 3. The van der Waals surface area contributed by atoms with Crippen molar-refractivity contribution < 1.29 is 41.7 Å². The minimum atomic E-state index is -4.37. The molecule has 2 heterocycles. The second-order valence-electron chi connectivity index (χ2n) is 10.4. The number of aromatic nitrogens is 1. The summed E-state index contributed by atoms with van der Waals surface area (Å²) in [7, 11) is -0.256. The molecule has 1 aliphatic rings. The molecule has 0 aliphatic carbocycles. The van der Waals surface area contributed by atoms with Crippen LogP contribution in [0.2, 0.25) is 0 Å². The maximum Gasteiger partial charge on any atom is 0.423 e. The predicted molar refractivity (Wildman–Crippen MR) is 167 cm³/mol. The van der Waals surface area contributed by atoms with Crippen LogP contribution in [0.1, 0.15) is 49.8 Å². The van der Waals surface area contributed by atoms with E-state index in [1.165, 1.54) is 19.6 Å². The second kappa shape index (κ2) is 15.3. The number of ketones is 1. The molecule has 0 radical (unpaired) electrons. The van der Waals surface area contributed by atoms with E-state index in [1.807, 2.05) is 37.3 Å². The Kier molecular flexibility index (Phi) is 11.5. The minimum Gasteiger partial charge on any atom is -0.496 e. The van der Waals surface area contributed by atoms with E-state index in [1.54, 1.807) is 17.0 Å². The maximum atomic E-state index is 13.8. The van der Waals surface area contributed by atoms with Crippen molar-refractivity contribution in [2.24, 2.45) is 0 Å². The largest absolute Gasteiger partial charge is 0.496 e. The van der Waals surface area contributed by atoms with Crippen molar-refractivity contribution in [3.05, 3.63) is 75.2 Å². The maximum absolute atomic E-state index is 13.8. The van der Waals surface area contributed by atoms with E-state index < -0.39 is 33.8 Å². The van der Waals surface area contributed by atoms with Crippen molar-refractivity contribution in [2.75, 3.05) is 46.8 Å².